The summed E-state index contributed by atoms with van der Waals surface area (Å²) in [6.45, 7) is 3.49. The predicted molar refractivity (Wildman–Crippen MR) is 52.6 cm³/mol. The Hall–Kier alpha value is 1.21. The number of nitrogens with zero attached hydrogens (tertiary/aromatic N) is 1. The molecule has 4 heteroatoms. The van der Waals surface area contributed by atoms with E-state index in [1.54, 1.807) is 0 Å². The zero-order valence-electron chi connectivity index (χ0n) is 6.98. The Kier molecular flexibility index (Phi) is 23.0. The molecule has 0 saturated heterocycles. The molecule has 0 fully saturated rings. The van der Waals surface area contributed by atoms with E-state index in [0.717, 1.165) is 4.48 Å². The molecule has 0 aliphatic rings. The number of hydrogen-bond acceptors (Lipinski definition) is 1. The fraction of sp³-hybridized carbons (Fsp3) is 1.00. The minimum absolute atomic E-state index is 0. The summed E-state index contributed by atoms with van der Waals surface area (Å²) in [4.78, 5) is 0. The van der Waals surface area contributed by atoms with Gasteiger partial charge in [-0.1, -0.05) is 6.92 Å². The van der Waals surface area contributed by atoms with E-state index in [0.29, 0.717) is 0 Å². The van der Waals surface area contributed by atoms with Crippen LogP contribution in [0.5, 0.6) is 0 Å². The molecule has 0 aromatic carbocycles. The van der Waals surface area contributed by atoms with E-state index >= 15 is 0 Å². The summed E-state index contributed by atoms with van der Waals surface area (Å²) in [6.07, 6.45) is 1.28. The van der Waals surface area contributed by atoms with Gasteiger partial charge in [0.05, 0.1) is 27.7 Å². The Morgan fingerprint density at radius 1 is 1.10 bits per heavy atom. The Labute approximate surface area is 93.2 Å². The van der Waals surface area contributed by atoms with Gasteiger partial charge in [0.15, 0.2) is 0 Å². The van der Waals surface area contributed by atoms with E-state index in [1.807, 2.05) is 0 Å². The van der Waals surface area contributed by atoms with E-state index in [4.69, 9.17) is 0 Å². The van der Waals surface area contributed by atoms with Gasteiger partial charge in [-0.2, -0.15) is 0 Å². The molecule has 3 N–H and O–H groups in total. The molecule has 0 bridgehead atoms. The van der Waals surface area contributed by atoms with Gasteiger partial charge in [-0.25, -0.2) is 0 Å². The van der Waals surface area contributed by atoms with Crippen LogP contribution >= 0.6 is 12.4 Å². The van der Waals surface area contributed by atoms with Crippen molar-refractivity contribution in [1.82, 2.24) is 6.15 Å². The second-order valence-electron chi connectivity index (χ2n) is 3.01. The van der Waals surface area contributed by atoms with Crippen molar-refractivity contribution in [2.45, 2.75) is 13.3 Å². The van der Waals surface area contributed by atoms with Crippen LogP contribution in [0.4, 0.5) is 0 Å². The molecule has 0 aliphatic carbocycles. The average Bonchev–Trinajstić information content (AvgIpc) is 1.30. The zero-order valence-corrected chi connectivity index (χ0v) is 7.79. The van der Waals surface area contributed by atoms with Crippen molar-refractivity contribution < 1.29 is 4.48 Å². The first-order valence-electron chi connectivity index (χ1n) is 2.86. The minimum atomic E-state index is 0. The van der Waals surface area contributed by atoms with Gasteiger partial charge in [0.25, 0.3) is 0 Å². The van der Waals surface area contributed by atoms with Crippen molar-refractivity contribution in [2.75, 3.05) is 27.7 Å². The van der Waals surface area contributed by atoms with Crippen molar-refractivity contribution in [3.05, 3.63) is 0 Å². The molecule has 2 nitrogen and oxygen atoms in total. The van der Waals surface area contributed by atoms with Crippen molar-refractivity contribution in [3.8, 4) is 0 Å². The molecule has 10 heavy (non-hydrogen) atoms. The molecule has 0 unspecified atom stereocenters. The summed E-state index contributed by atoms with van der Waals surface area (Å²) in [5.74, 6) is 0. The van der Waals surface area contributed by atoms with Gasteiger partial charge in [-0.3, -0.25) is 0 Å². The Morgan fingerprint density at radius 2 is 1.40 bits per heavy atom. The molecule has 0 amide bonds. The first-order chi connectivity index (χ1) is 3.06. The molecule has 0 spiro atoms. The van der Waals surface area contributed by atoms with Gasteiger partial charge in [0.2, 0.25) is 0 Å². The summed E-state index contributed by atoms with van der Waals surface area (Å²) in [5.41, 5.74) is 0. The number of hydrogen-bond donors (Lipinski definition) is 1. The first kappa shape index (κ1) is 22.5. The summed E-state index contributed by atoms with van der Waals surface area (Å²) < 4.78 is 1.09. The summed E-state index contributed by atoms with van der Waals surface area (Å²) in [5, 5.41) is 0. The molecule has 0 aromatic rings. The molecule has 0 aromatic heterocycles. The third-order valence-corrected chi connectivity index (χ3v) is 0.894. The van der Waals surface area contributed by atoms with E-state index in [1.165, 1.54) is 13.0 Å². The maximum atomic E-state index is 2.21. The van der Waals surface area contributed by atoms with Crippen LogP contribution in [-0.4, -0.2) is 61.7 Å². The second-order valence-corrected chi connectivity index (χ2v) is 3.01. The molecule has 0 atom stereocenters. The van der Waals surface area contributed by atoms with E-state index < -0.39 is 0 Å². The van der Waals surface area contributed by atoms with Crippen LogP contribution < -0.4 is 6.15 Å². The SMILES string of the molecule is CCC[N+](C)(C)C.Cl.N.[NaH]. The third-order valence-electron chi connectivity index (χ3n) is 0.894. The van der Waals surface area contributed by atoms with E-state index in [2.05, 4.69) is 28.1 Å². The molecule has 62 valence electrons. The van der Waals surface area contributed by atoms with E-state index in [-0.39, 0.29) is 48.1 Å². The summed E-state index contributed by atoms with van der Waals surface area (Å²) >= 11 is 0. The van der Waals surface area contributed by atoms with Crippen LogP contribution in [0.3, 0.4) is 0 Å². The maximum absolute atomic E-state index is 2.21. The van der Waals surface area contributed by atoms with Gasteiger partial charge in [0, 0.05) is 0 Å². The monoisotopic (exact) mass is 179 g/mol. The van der Waals surface area contributed by atoms with Crippen LogP contribution in [-0.2, 0) is 0 Å². The van der Waals surface area contributed by atoms with Crippen molar-refractivity contribution >= 4 is 42.0 Å². The molecule has 0 heterocycles. The molecule has 0 aliphatic heterocycles. The van der Waals surface area contributed by atoms with Crippen LogP contribution in [0.2, 0.25) is 0 Å². The van der Waals surface area contributed by atoms with Gasteiger partial charge >= 0.3 is 29.6 Å². The van der Waals surface area contributed by atoms with Crippen molar-refractivity contribution in [1.29, 1.82) is 0 Å². The van der Waals surface area contributed by atoms with Crippen molar-refractivity contribution in [3.63, 3.8) is 0 Å². The number of quaternary nitrogens is 1. The van der Waals surface area contributed by atoms with Crippen LogP contribution in [0.1, 0.15) is 13.3 Å². The number of rotatable bonds is 2. The Balaban J connectivity index is -0.0000000600. The molecular formula is C6H21ClN2Na+. The first-order valence-corrected chi connectivity index (χ1v) is 2.86. The quantitative estimate of drug-likeness (QED) is 0.499. The second kappa shape index (κ2) is 10.2. The van der Waals surface area contributed by atoms with Gasteiger partial charge < -0.3 is 10.6 Å². The topological polar surface area (TPSA) is 35.0 Å². The Morgan fingerprint density at radius 3 is 1.40 bits per heavy atom. The molecular weight excluding hydrogens is 159 g/mol. The molecule has 0 radical (unpaired) electrons. The zero-order chi connectivity index (χ0) is 5.91. The van der Waals surface area contributed by atoms with Gasteiger partial charge in [-0.15, -0.1) is 12.4 Å². The van der Waals surface area contributed by atoms with Crippen LogP contribution in [0.15, 0.2) is 0 Å². The molecule has 0 saturated carbocycles. The fourth-order valence-electron chi connectivity index (χ4n) is 0.671. The summed E-state index contributed by atoms with van der Waals surface area (Å²) in [7, 11) is 6.64. The summed E-state index contributed by atoms with van der Waals surface area (Å²) in [6, 6.07) is 0. The van der Waals surface area contributed by atoms with Crippen LogP contribution in [0.25, 0.3) is 0 Å². The van der Waals surface area contributed by atoms with Crippen molar-refractivity contribution in [2.24, 2.45) is 0 Å². The Bertz CT molecular complexity index is 54.2. The average molecular weight is 180 g/mol. The third kappa shape index (κ3) is 22.9. The van der Waals surface area contributed by atoms with E-state index in [9.17, 15) is 0 Å². The normalized spacial score (nSPS) is 8.40. The number of halogens is 1. The van der Waals surface area contributed by atoms with Crippen LogP contribution in [0, 0.1) is 0 Å². The molecule has 0 rings (SSSR count). The standard InChI is InChI=1S/C6H16N.ClH.H3N.Na.H/c1-5-6-7(2,3)4;;;;/h5-6H2,1-4H3;1H;1H3;;/q+1;;;;. The predicted octanol–water partition coefficient (Wildman–Crippen LogP) is 1.04. The van der Waals surface area contributed by atoms with Gasteiger partial charge in [-0.05, 0) is 6.42 Å². The van der Waals surface area contributed by atoms with Gasteiger partial charge in [0.1, 0.15) is 0 Å². The fourth-order valence-corrected chi connectivity index (χ4v) is 0.671.